The van der Waals surface area contributed by atoms with Crippen LogP contribution in [0.4, 0.5) is 0 Å². The number of esters is 1. The standard InChI is InChI=1S/C16H24O4/c1-16(2,3)20-14(15(18)19-4)7-5-6-12-8-10-13(17)11-9-12/h8-11,14,17H,5-7H2,1-4H3. The van der Waals surface area contributed by atoms with Gasteiger partial charge in [-0.1, -0.05) is 12.1 Å². The largest absolute Gasteiger partial charge is 0.508 e. The number of ether oxygens (including phenoxy) is 2. The van der Waals surface area contributed by atoms with Crippen LogP contribution in [0.15, 0.2) is 24.3 Å². The molecule has 1 unspecified atom stereocenters. The number of aromatic hydroxyl groups is 1. The van der Waals surface area contributed by atoms with Crippen molar-refractivity contribution in [2.24, 2.45) is 0 Å². The molecule has 1 atom stereocenters. The summed E-state index contributed by atoms with van der Waals surface area (Å²) in [5.74, 6) is -0.0668. The van der Waals surface area contributed by atoms with Crippen molar-refractivity contribution in [1.82, 2.24) is 0 Å². The Balaban J connectivity index is 2.49. The summed E-state index contributed by atoms with van der Waals surface area (Å²) in [6.45, 7) is 5.76. The number of methoxy groups -OCH3 is 1. The smallest absolute Gasteiger partial charge is 0.334 e. The molecule has 0 aliphatic heterocycles. The maximum Gasteiger partial charge on any atom is 0.334 e. The SMILES string of the molecule is COC(=O)C(CCCc1ccc(O)cc1)OC(C)(C)C. The van der Waals surface area contributed by atoms with Gasteiger partial charge in [-0.05, 0) is 57.7 Å². The predicted molar refractivity (Wildman–Crippen MR) is 77.7 cm³/mol. The van der Waals surface area contributed by atoms with Crippen LogP contribution < -0.4 is 0 Å². The molecule has 1 aromatic carbocycles. The average Bonchev–Trinajstić information content (AvgIpc) is 2.37. The molecule has 0 bridgehead atoms. The topological polar surface area (TPSA) is 55.8 Å². The lowest BCUT2D eigenvalue weighted by Gasteiger charge is -2.25. The minimum atomic E-state index is -0.530. The molecule has 1 N–H and O–H groups in total. The number of carbonyl (C=O) groups excluding carboxylic acids is 1. The van der Waals surface area contributed by atoms with Gasteiger partial charge in [0.2, 0.25) is 0 Å². The summed E-state index contributed by atoms with van der Waals surface area (Å²) in [6, 6.07) is 7.09. The maximum absolute atomic E-state index is 11.7. The van der Waals surface area contributed by atoms with E-state index < -0.39 is 6.10 Å². The summed E-state index contributed by atoms with van der Waals surface area (Å²) >= 11 is 0. The first-order valence-corrected chi connectivity index (χ1v) is 6.85. The second-order valence-electron chi connectivity index (χ2n) is 5.80. The molecule has 0 aliphatic carbocycles. The zero-order valence-corrected chi connectivity index (χ0v) is 12.7. The lowest BCUT2D eigenvalue weighted by Crippen LogP contribution is -2.34. The summed E-state index contributed by atoms with van der Waals surface area (Å²) in [4.78, 5) is 11.7. The molecule has 4 nitrogen and oxygen atoms in total. The van der Waals surface area contributed by atoms with Crippen LogP contribution in [0.1, 0.15) is 39.2 Å². The van der Waals surface area contributed by atoms with Gasteiger partial charge >= 0.3 is 5.97 Å². The van der Waals surface area contributed by atoms with Gasteiger partial charge < -0.3 is 14.6 Å². The molecule has 0 fully saturated rings. The van der Waals surface area contributed by atoms with Crippen molar-refractivity contribution in [2.45, 2.75) is 51.7 Å². The summed E-state index contributed by atoms with van der Waals surface area (Å²) in [7, 11) is 1.38. The molecule has 0 saturated carbocycles. The van der Waals surface area contributed by atoms with Crippen LogP contribution in [0.3, 0.4) is 0 Å². The third-order valence-corrected chi connectivity index (χ3v) is 2.83. The highest BCUT2D eigenvalue weighted by atomic mass is 16.6. The first-order chi connectivity index (χ1) is 9.31. The zero-order valence-electron chi connectivity index (χ0n) is 12.7. The fraction of sp³-hybridized carbons (Fsp3) is 0.562. The number of rotatable bonds is 6. The number of phenols is 1. The van der Waals surface area contributed by atoms with Crippen molar-refractivity contribution in [1.29, 1.82) is 0 Å². The average molecular weight is 280 g/mol. The molecule has 0 spiro atoms. The van der Waals surface area contributed by atoms with Gasteiger partial charge in [0, 0.05) is 0 Å². The normalized spacial score (nSPS) is 13.0. The highest BCUT2D eigenvalue weighted by molar-refractivity contribution is 5.74. The van der Waals surface area contributed by atoms with E-state index in [-0.39, 0.29) is 17.3 Å². The van der Waals surface area contributed by atoms with Crippen molar-refractivity contribution in [2.75, 3.05) is 7.11 Å². The van der Waals surface area contributed by atoms with Crippen molar-refractivity contribution in [3.8, 4) is 5.75 Å². The highest BCUT2D eigenvalue weighted by Crippen LogP contribution is 2.18. The molecule has 20 heavy (non-hydrogen) atoms. The fourth-order valence-electron chi connectivity index (χ4n) is 1.94. The van der Waals surface area contributed by atoms with Gasteiger partial charge in [0.1, 0.15) is 5.75 Å². The van der Waals surface area contributed by atoms with E-state index in [2.05, 4.69) is 0 Å². The molecule has 0 radical (unpaired) electrons. The van der Waals surface area contributed by atoms with Crippen molar-refractivity contribution in [3.63, 3.8) is 0 Å². The molecule has 1 aromatic rings. The monoisotopic (exact) mass is 280 g/mol. The van der Waals surface area contributed by atoms with Crippen molar-refractivity contribution >= 4 is 5.97 Å². The molecule has 1 rings (SSSR count). The fourth-order valence-corrected chi connectivity index (χ4v) is 1.94. The van der Waals surface area contributed by atoms with Crippen LogP contribution in [0.2, 0.25) is 0 Å². The van der Waals surface area contributed by atoms with Crippen LogP contribution in [0.25, 0.3) is 0 Å². The number of aryl methyl sites for hydroxylation is 1. The number of hydrogen-bond acceptors (Lipinski definition) is 4. The Hall–Kier alpha value is -1.55. The minimum absolute atomic E-state index is 0.261. The van der Waals surface area contributed by atoms with Crippen LogP contribution in [0, 0.1) is 0 Å². The van der Waals surface area contributed by atoms with E-state index in [0.717, 1.165) is 18.4 Å². The molecule has 112 valence electrons. The Morgan fingerprint density at radius 2 is 1.85 bits per heavy atom. The molecule has 4 heteroatoms. The van der Waals surface area contributed by atoms with E-state index in [1.54, 1.807) is 12.1 Å². The van der Waals surface area contributed by atoms with E-state index in [1.165, 1.54) is 7.11 Å². The lowest BCUT2D eigenvalue weighted by atomic mass is 10.0. The molecule has 0 aromatic heterocycles. The van der Waals surface area contributed by atoms with Crippen LogP contribution in [0.5, 0.6) is 5.75 Å². The van der Waals surface area contributed by atoms with Crippen LogP contribution in [-0.4, -0.2) is 29.9 Å². The summed E-state index contributed by atoms with van der Waals surface area (Å²) < 4.78 is 10.5. The van der Waals surface area contributed by atoms with Gasteiger partial charge in [-0.15, -0.1) is 0 Å². The summed E-state index contributed by atoms with van der Waals surface area (Å²) in [5.41, 5.74) is 0.749. The van der Waals surface area contributed by atoms with Crippen molar-refractivity contribution < 1.29 is 19.4 Å². The second-order valence-corrected chi connectivity index (χ2v) is 5.80. The Bertz CT molecular complexity index is 417. The Morgan fingerprint density at radius 3 is 2.35 bits per heavy atom. The highest BCUT2D eigenvalue weighted by Gasteiger charge is 2.25. The van der Waals surface area contributed by atoms with Crippen molar-refractivity contribution in [3.05, 3.63) is 29.8 Å². The van der Waals surface area contributed by atoms with Crippen LogP contribution in [-0.2, 0) is 20.7 Å². The number of hydrogen-bond donors (Lipinski definition) is 1. The Labute approximate surface area is 120 Å². The van der Waals surface area contributed by atoms with Gasteiger partial charge in [0.15, 0.2) is 6.10 Å². The first-order valence-electron chi connectivity index (χ1n) is 6.85. The van der Waals surface area contributed by atoms with E-state index in [0.29, 0.717) is 6.42 Å². The molecule has 0 saturated heterocycles. The molecule has 0 heterocycles. The zero-order chi connectivity index (χ0) is 15.2. The maximum atomic E-state index is 11.7. The van der Waals surface area contributed by atoms with E-state index in [4.69, 9.17) is 9.47 Å². The third-order valence-electron chi connectivity index (χ3n) is 2.83. The quantitative estimate of drug-likeness (QED) is 0.814. The molecular weight excluding hydrogens is 256 g/mol. The lowest BCUT2D eigenvalue weighted by molar-refractivity contribution is -0.164. The predicted octanol–water partition coefficient (Wildman–Crippen LogP) is 3.07. The first kappa shape index (κ1) is 16.5. The number of carbonyl (C=O) groups is 1. The minimum Gasteiger partial charge on any atom is -0.508 e. The van der Waals surface area contributed by atoms with Gasteiger partial charge in [-0.2, -0.15) is 0 Å². The van der Waals surface area contributed by atoms with E-state index >= 15 is 0 Å². The third kappa shape index (κ3) is 6.06. The Kier molecular flexibility index (Phi) is 6.02. The van der Waals surface area contributed by atoms with Gasteiger partial charge in [-0.3, -0.25) is 0 Å². The van der Waals surface area contributed by atoms with E-state index in [9.17, 15) is 9.90 Å². The number of benzene rings is 1. The number of phenolic OH excluding ortho intramolecular Hbond substituents is 1. The van der Waals surface area contributed by atoms with Gasteiger partial charge in [0.05, 0.1) is 12.7 Å². The van der Waals surface area contributed by atoms with E-state index in [1.807, 2.05) is 32.9 Å². The summed E-state index contributed by atoms with van der Waals surface area (Å²) in [6.07, 6.45) is 1.74. The summed E-state index contributed by atoms with van der Waals surface area (Å²) in [5, 5.41) is 9.22. The second kappa shape index (κ2) is 7.29. The molecular formula is C16H24O4. The van der Waals surface area contributed by atoms with Gasteiger partial charge in [-0.25, -0.2) is 4.79 Å². The van der Waals surface area contributed by atoms with Gasteiger partial charge in [0.25, 0.3) is 0 Å². The van der Waals surface area contributed by atoms with Crippen LogP contribution >= 0.6 is 0 Å². The molecule has 0 amide bonds. The Morgan fingerprint density at radius 1 is 1.25 bits per heavy atom. The molecule has 0 aliphatic rings.